The van der Waals surface area contributed by atoms with Crippen LogP contribution in [-0.2, 0) is 16.6 Å². The fraction of sp³-hybridized carbons (Fsp3) is 0.478. The van der Waals surface area contributed by atoms with Gasteiger partial charge in [0.05, 0.1) is 9.82 Å². The molecular formula is C23H33N5O4S. The second kappa shape index (κ2) is 11.6. The molecule has 1 unspecified atom stereocenters. The first-order chi connectivity index (χ1) is 15.7. The molecule has 1 aliphatic rings. The standard InChI is InChI=1S/C23H33N5O4S/c1-26(2)14-7-13-24-33(31,32)21-11-12-22(23(16-21)28(29)30)25-20-10-6-15-27(18-20)17-19-8-4-3-5-9-19/h3-5,8-9,11-12,16,20,24-25H,6-7,10,13-15,17-18H2,1-2H3. The SMILES string of the molecule is CN(C)CCCNS(=O)(=O)c1ccc(NC2CCCN(Cc3ccccc3)C2)c([N+](=O)[O-])c1. The molecule has 0 aliphatic carbocycles. The zero-order valence-corrected chi connectivity index (χ0v) is 20.1. The van der Waals surface area contributed by atoms with Crippen LogP contribution in [0, 0.1) is 10.1 Å². The first-order valence-corrected chi connectivity index (χ1v) is 12.7. The van der Waals surface area contributed by atoms with Gasteiger partial charge in [-0.25, -0.2) is 13.1 Å². The summed E-state index contributed by atoms with van der Waals surface area (Å²) >= 11 is 0. The van der Waals surface area contributed by atoms with E-state index in [9.17, 15) is 18.5 Å². The van der Waals surface area contributed by atoms with Gasteiger partial charge in [-0.3, -0.25) is 15.0 Å². The highest BCUT2D eigenvalue weighted by Crippen LogP contribution is 2.29. The van der Waals surface area contributed by atoms with Crippen molar-refractivity contribution in [1.82, 2.24) is 14.5 Å². The molecule has 180 valence electrons. The maximum atomic E-state index is 12.6. The lowest BCUT2D eigenvalue weighted by Gasteiger charge is -2.33. The maximum Gasteiger partial charge on any atom is 0.293 e. The normalized spacial score (nSPS) is 17.2. The van der Waals surface area contributed by atoms with Crippen molar-refractivity contribution in [2.24, 2.45) is 0 Å². The average Bonchev–Trinajstić information content (AvgIpc) is 2.77. The number of nitro groups is 1. The summed E-state index contributed by atoms with van der Waals surface area (Å²) in [4.78, 5) is 15.4. The van der Waals surface area contributed by atoms with E-state index in [-0.39, 0.29) is 23.2 Å². The fourth-order valence-electron chi connectivity index (χ4n) is 4.02. The Morgan fingerprint density at radius 2 is 1.94 bits per heavy atom. The Morgan fingerprint density at radius 1 is 1.18 bits per heavy atom. The number of nitrogens with one attached hydrogen (secondary N) is 2. The van der Waals surface area contributed by atoms with Crippen LogP contribution < -0.4 is 10.0 Å². The van der Waals surface area contributed by atoms with E-state index >= 15 is 0 Å². The van der Waals surface area contributed by atoms with Gasteiger partial charge < -0.3 is 10.2 Å². The lowest BCUT2D eigenvalue weighted by Crippen LogP contribution is -2.41. The third kappa shape index (κ3) is 7.50. The van der Waals surface area contributed by atoms with Crippen molar-refractivity contribution in [1.29, 1.82) is 0 Å². The summed E-state index contributed by atoms with van der Waals surface area (Å²) in [5.74, 6) is 0. The van der Waals surface area contributed by atoms with E-state index in [1.807, 2.05) is 37.2 Å². The first kappa shape index (κ1) is 25.1. The predicted octanol–water partition coefficient (Wildman–Crippen LogP) is 2.90. The van der Waals surface area contributed by atoms with Crippen molar-refractivity contribution < 1.29 is 13.3 Å². The van der Waals surface area contributed by atoms with Gasteiger partial charge in [0.15, 0.2) is 0 Å². The monoisotopic (exact) mass is 475 g/mol. The summed E-state index contributed by atoms with van der Waals surface area (Å²) < 4.78 is 27.7. The molecule has 1 atom stereocenters. The maximum absolute atomic E-state index is 12.6. The van der Waals surface area contributed by atoms with Crippen molar-refractivity contribution in [2.45, 2.75) is 36.7 Å². The largest absolute Gasteiger partial charge is 0.375 e. The highest BCUT2D eigenvalue weighted by atomic mass is 32.2. The average molecular weight is 476 g/mol. The highest BCUT2D eigenvalue weighted by Gasteiger charge is 2.25. The van der Waals surface area contributed by atoms with Crippen LogP contribution in [0.4, 0.5) is 11.4 Å². The van der Waals surface area contributed by atoms with E-state index in [1.165, 1.54) is 17.7 Å². The Kier molecular flexibility index (Phi) is 8.79. The molecule has 33 heavy (non-hydrogen) atoms. The van der Waals surface area contributed by atoms with Crippen molar-refractivity contribution in [3.05, 3.63) is 64.2 Å². The van der Waals surface area contributed by atoms with Crippen LogP contribution in [0.2, 0.25) is 0 Å². The summed E-state index contributed by atoms with van der Waals surface area (Å²) in [5.41, 5.74) is 1.35. The van der Waals surface area contributed by atoms with Crippen LogP contribution in [-0.4, -0.2) is 69.5 Å². The molecule has 0 spiro atoms. The van der Waals surface area contributed by atoms with Crippen LogP contribution in [0.15, 0.2) is 53.4 Å². The van der Waals surface area contributed by atoms with E-state index in [2.05, 4.69) is 27.1 Å². The topological polar surface area (TPSA) is 108 Å². The van der Waals surface area contributed by atoms with Gasteiger partial charge in [-0.2, -0.15) is 0 Å². The Hall–Kier alpha value is -2.53. The van der Waals surface area contributed by atoms with Crippen molar-refractivity contribution in [3.63, 3.8) is 0 Å². The minimum atomic E-state index is -3.82. The summed E-state index contributed by atoms with van der Waals surface area (Å²) in [7, 11) is 0.0105. The second-order valence-electron chi connectivity index (χ2n) is 8.69. The summed E-state index contributed by atoms with van der Waals surface area (Å²) in [6, 6.07) is 14.3. The summed E-state index contributed by atoms with van der Waals surface area (Å²) in [5, 5.41) is 15.0. The minimum absolute atomic E-state index is 0.0489. The predicted molar refractivity (Wildman–Crippen MR) is 130 cm³/mol. The molecule has 9 nitrogen and oxygen atoms in total. The molecule has 2 aromatic rings. The smallest absolute Gasteiger partial charge is 0.293 e. The lowest BCUT2D eigenvalue weighted by atomic mass is 10.0. The van der Waals surface area contributed by atoms with Gasteiger partial charge in [-0.1, -0.05) is 30.3 Å². The molecule has 0 aromatic heterocycles. The molecule has 0 amide bonds. The van der Waals surface area contributed by atoms with Gasteiger partial charge in [0.25, 0.3) is 5.69 Å². The molecule has 3 rings (SSSR count). The zero-order chi connectivity index (χ0) is 23.8. The zero-order valence-electron chi connectivity index (χ0n) is 19.2. The van der Waals surface area contributed by atoms with Gasteiger partial charge in [-0.05, 0) is 64.1 Å². The van der Waals surface area contributed by atoms with E-state index in [4.69, 9.17) is 0 Å². The second-order valence-corrected chi connectivity index (χ2v) is 10.5. The highest BCUT2D eigenvalue weighted by molar-refractivity contribution is 7.89. The van der Waals surface area contributed by atoms with Crippen LogP contribution in [0.3, 0.4) is 0 Å². The minimum Gasteiger partial charge on any atom is -0.375 e. The van der Waals surface area contributed by atoms with Crippen LogP contribution in [0.25, 0.3) is 0 Å². The number of likely N-dealkylation sites (tertiary alicyclic amines) is 1. The van der Waals surface area contributed by atoms with Gasteiger partial charge >= 0.3 is 0 Å². The van der Waals surface area contributed by atoms with E-state index in [0.717, 1.165) is 45.1 Å². The molecule has 1 aliphatic heterocycles. The fourth-order valence-corrected chi connectivity index (χ4v) is 5.11. The number of anilines is 1. The third-order valence-electron chi connectivity index (χ3n) is 5.66. The number of hydrogen-bond donors (Lipinski definition) is 2. The Morgan fingerprint density at radius 3 is 2.64 bits per heavy atom. The number of hydrogen-bond acceptors (Lipinski definition) is 7. The van der Waals surface area contributed by atoms with Gasteiger partial charge in [0.2, 0.25) is 10.0 Å². The number of rotatable bonds is 11. The van der Waals surface area contributed by atoms with Gasteiger partial charge in [-0.15, -0.1) is 0 Å². The summed E-state index contributed by atoms with van der Waals surface area (Å²) in [6.07, 6.45) is 2.53. The molecule has 0 radical (unpaired) electrons. The Balaban J connectivity index is 1.67. The number of benzene rings is 2. The molecule has 2 N–H and O–H groups in total. The molecule has 2 aromatic carbocycles. The summed E-state index contributed by atoms with van der Waals surface area (Å²) in [6.45, 7) is 3.59. The van der Waals surface area contributed by atoms with Crippen molar-refractivity contribution in [3.8, 4) is 0 Å². The molecule has 10 heteroatoms. The number of sulfonamides is 1. The van der Waals surface area contributed by atoms with Gasteiger partial charge in [0, 0.05) is 31.7 Å². The molecular weight excluding hydrogens is 442 g/mol. The first-order valence-electron chi connectivity index (χ1n) is 11.2. The van der Waals surface area contributed by atoms with E-state index in [0.29, 0.717) is 12.1 Å². The number of nitro benzene ring substituents is 1. The molecule has 0 bridgehead atoms. The molecule has 1 heterocycles. The molecule has 0 saturated carbocycles. The number of nitrogens with zero attached hydrogens (tertiary/aromatic N) is 3. The van der Waals surface area contributed by atoms with Crippen molar-refractivity contribution in [2.75, 3.05) is 45.6 Å². The Bertz CT molecular complexity index is 1030. The molecule has 1 fully saturated rings. The lowest BCUT2D eigenvalue weighted by molar-refractivity contribution is -0.384. The van der Waals surface area contributed by atoms with Crippen LogP contribution >= 0.6 is 0 Å². The van der Waals surface area contributed by atoms with Crippen LogP contribution in [0.5, 0.6) is 0 Å². The number of piperidine rings is 1. The quantitative estimate of drug-likeness (QED) is 0.292. The molecule has 1 saturated heterocycles. The Labute approximate surface area is 196 Å². The van der Waals surface area contributed by atoms with Gasteiger partial charge in [0.1, 0.15) is 5.69 Å². The van der Waals surface area contributed by atoms with Crippen LogP contribution in [0.1, 0.15) is 24.8 Å². The van der Waals surface area contributed by atoms with Crippen molar-refractivity contribution >= 4 is 21.4 Å². The van der Waals surface area contributed by atoms with E-state index in [1.54, 1.807) is 0 Å². The third-order valence-corrected chi connectivity index (χ3v) is 7.12. The van der Waals surface area contributed by atoms with E-state index < -0.39 is 14.9 Å².